The molecule has 0 unspecified atom stereocenters. The van der Waals surface area contributed by atoms with E-state index in [-0.39, 0.29) is 10.7 Å². The largest absolute Gasteiger partial charge is 0.497 e. The lowest BCUT2D eigenvalue weighted by Gasteiger charge is -2.32. The summed E-state index contributed by atoms with van der Waals surface area (Å²) in [6.45, 7) is 9.26. The highest BCUT2D eigenvalue weighted by atomic mass is 32.2. The molecule has 1 aliphatic rings. The van der Waals surface area contributed by atoms with Gasteiger partial charge in [-0.2, -0.15) is 0 Å². The van der Waals surface area contributed by atoms with Gasteiger partial charge in [0.2, 0.25) is 0 Å². The first-order valence-corrected chi connectivity index (χ1v) is 9.56. The van der Waals surface area contributed by atoms with Gasteiger partial charge in [-0.25, -0.2) is 4.79 Å². The van der Waals surface area contributed by atoms with Crippen LogP contribution >= 0.6 is 11.8 Å². The van der Waals surface area contributed by atoms with Gasteiger partial charge in [-0.15, -0.1) is 0 Å². The van der Waals surface area contributed by atoms with Crippen LogP contribution in [0.2, 0.25) is 0 Å². The van der Waals surface area contributed by atoms with Crippen LogP contribution < -0.4 is 4.74 Å². The fourth-order valence-corrected chi connectivity index (χ4v) is 3.12. The van der Waals surface area contributed by atoms with Crippen molar-refractivity contribution in [3.63, 3.8) is 0 Å². The van der Waals surface area contributed by atoms with Gasteiger partial charge in [-0.3, -0.25) is 4.79 Å². The lowest BCUT2D eigenvalue weighted by molar-refractivity contribution is -0.109. The van der Waals surface area contributed by atoms with Crippen LogP contribution in [-0.4, -0.2) is 47.4 Å². The highest BCUT2D eigenvalue weighted by Gasteiger charge is 2.52. The maximum atomic E-state index is 11.7. The second-order valence-electron chi connectivity index (χ2n) is 7.35. The zero-order chi connectivity index (χ0) is 20.4. The average Bonchev–Trinajstić information content (AvgIpc) is 2.78. The van der Waals surface area contributed by atoms with E-state index >= 15 is 0 Å². The number of thioether (sulfide) groups is 1. The standard InChI is InChI=1S/C19H25BO6S/c1-12(21)27-11-14(20-25-18(2,3)19(4,5)26-20)9-13-7-8-15(24-6)10-16(13)17(22)23/h7-10H,11H2,1-6H3,(H,22,23). The molecule has 0 amide bonds. The Bertz CT molecular complexity index is 755. The Kier molecular flexibility index (Phi) is 6.45. The number of methoxy groups -OCH3 is 1. The molecule has 0 saturated carbocycles. The highest BCUT2D eigenvalue weighted by molar-refractivity contribution is 8.13. The SMILES string of the molecule is COc1ccc(C=C(CSC(C)=O)B2OC(C)(C)C(C)(C)O2)c(C(=O)O)c1. The Morgan fingerprint density at radius 2 is 1.81 bits per heavy atom. The van der Waals surface area contributed by atoms with E-state index in [0.29, 0.717) is 22.5 Å². The number of hydrogen-bond donors (Lipinski definition) is 1. The minimum atomic E-state index is -1.06. The monoisotopic (exact) mass is 392 g/mol. The summed E-state index contributed by atoms with van der Waals surface area (Å²) in [6.07, 6.45) is 1.72. The maximum Gasteiger partial charge on any atom is 0.491 e. The lowest BCUT2D eigenvalue weighted by atomic mass is 9.78. The van der Waals surface area contributed by atoms with E-state index in [0.717, 1.165) is 11.8 Å². The zero-order valence-corrected chi connectivity index (χ0v) is 17.3. The van der Waals surface area contributed by atoms with Crippen LogP contribution in [0.3, 0.4) is 0 Å². The van der Waals surface area contributed by atoms with Crippen molar-refractivity contribution in [1.82, 2.24) is 0 Å². The fourth-order valence-electron chi connectivity index (χ4n) is 2.53. The Hall–Kier alpha value is -1.77. The van der Waals surface area contributed by atoms with Gasteiger partial charge < -0.3 is 19.2 Å². The number of carbonyl (C=O) groups is 2. The molecule has 1 heterocycles. The van der Waals surface area contributed by atoms with Crippen molar-refractivity contribution in [2.75, 3.05) is 12.9 Å². The van der Waals surface area contributed by atoms with E-state index in [1.165, 1.54) is 20.1 Å². The van der Waals surface area contributed by atoms with Crippen molar-refractivity contribution in [1.29, 1.82) is 0 Å². The maximum absolute atomic E-state index is 11.7. The average molecular weight is 392 g/mol. The third-order valence-electron chi connectivity index (χ3n) is 4.83. The molecule has 1 aliphatic heterocycles. The van der Waals surface area contributed by atoms with Crippen LogP contribution in [0.15, 0.2) is 23.7 Å². The molecule has 2 rings (SSSR count). The first-order valence-electron chi connectivity index (χ1n) is 8.57. The summed E-state index contributed by atoms with van der Waals surface area (Å²) < 4.78 is 17.3. The molecule has 0 aliphatic carbocycles. The van der Waals surface area contributed by atoms with Crippen molar-refractivity contribution in [2.24, 2.45) is 0 Å². The van der Waals surface area contributed by atoms with Gasteiger partial charge in [-0.05, 0) is 50.9 Å². The molecule has 6 nitrogen and oxygen atoms in total. The molecule has 1 fully saturated rings. The molecule has 0 aromatic heterocycles. The second-order valence-corrected chi connectivity index (χ2v) is 8.50. The molecule has 1 saturated heterocycles. The number of carbonyl (C=O) groups excluding carboxylic acids is 1. The number of ether oxygens (including phenoxy) is 1. The molecule has 1 N–H and O–H groups in total. The van der Waals surface area contributed by atoms with Gasteiger partial charge in [0, 0.05) is 12.7 Å². The first kappa shape index (κ1) is 21.5. The number of aromatic carboxylic acids is 1. The number of rotatable bonds is 6. The van der Waals surface area contributed by atoms with Crippen molar-refractivity contribution in [3.8, 4) is 5.75 Å². The van der Waals surface area contributed by atoms with Gasteiger partial charge in [0.25, 0.3) is 0 Å². The van der Waals surface area contributed by atoms with E-state index in [4.69, 9.17) is 14.0 Å². The minimum absolute atomic E-state index is 0.0365. The third-order valence-corrected chi connectivity index (χ3v) is 5.71. The second kappa shape index (κ2) is 8.08. The highest BCUT2D eigenvalue weighted by Crippen LogP contribution is 2.39. The predicted molar refractivity (Wildman–Crippen MR) is 107 cm³/mol. The molecular weight excluding hydrogens is 367 g/mol. The number of benzene rings is 1. The smallest absolute Gasteiger partial charge is 0.491 e. The van der Waals surface area contributed by atoms with Gasteiger partial charge in [-0.1, -0.05) is 23.9 Å². The van der Waals surface area contributed by atoms with Crippen LogP contribution in [0.1, 0.15) is 50.5 Å². The van der Waals surface area contributed by atoms with Crippen LogP contribution in [-0.2, 0) is 14.1 Å². The molecule has 0 bridgehead atoms. The van der Waals surface area contributed by atoms with E-state index in [1.54, 1.807) is 18.2 Å². The molecule has 8 heteroatoms. The summed E-state index contributed by atoms with van der Waals surface area (Å²) in [5.41, 5.74) is 0.232. The Balaban J connectivity index is 2.46. The Morgan fingerprint density at radius 1 is 1.22 bits per heavy atom. The van der Waals surface area contributed by atoms with Crippen molar-refractivity contribution in [2.45, 2.75) is 45.8 Å². The van der Waals surface area contributed by atoms with Crippen LogP contribution in [0, 0.1) is 0 Å². The van der Waals surface area contributed by atoms with Crippen molar-refractivity contribution >= 4 is 36.0 Å². The summed E-state index contributed by atoms with van der Waals surface area (Å²) in [7, 11) is 0.820. The molecule has 0 atom stereocenters. The van der Waals surface area contributed by atoms with Crippen LogP contribution in [0.5, 0.6) is 5.75 Å². The third kappa shape index (κ3) is 4.94. The molecule has 0 radical (unpaired) electrons. The Labute approximate surface area is 164 Å². The molecular formula is C19H25BO6S. The van der Waals surface area contributed by atoms with E-state index in [1.807, 2.05) is 27.7 Å². The van der Waals surface area contributed by atoms with Gasteiger partial charge in [0.05, 0.1) is 23.9 Å². The molecule has 27 heavy (non-hydrogen) atoms. The normalized spacial score (nSPS) is 18.4. The topological polar surface area (TPSA) is 82.1 Å². The summed E-state index contributed by atoms with van der Waals surface area (Å²) in [4.78, 5) is 23.1. The van der Waals surface area contributed by atoms with Gasteiger partial charge in [0.1, 0.15) is 5.75 Å². The quantitative estimate of drug-likeness (QED) is 0.740. The van der Waals surface area contributed by atoms with Gasteiger partial charge in [0.15, 0.2) is 5.12 Å². The molecule has 1 aromatic carbocycles. The summed E-state index contributed by atoms with van der Waals surface area (Å²) in [6, 6.07) is 4.83. The van der Waals surface area contributed by atoms with Crippen LogP contribution in [0.25, 0.3) is 6.08 Å². The van der Waals surface area contributed by atoms with E-state index in [9.17, 15) is 14.7 Å². The molecule has 1 aromatic rings. The van der Waals surface area contributed by atoms with Crippen LogP contribution in [0.4, 0.5) is 0 Å². The minimum Gasteiger partial charge on any atom is -0.497 e. The Morgan fingerprint density at radius 3 is 2.30 bits per heavy atom. The summed E-state index contributed by atoms with van der Waals surface area (Å²) in [5, 5.41) is 9.51. The van der Waals surface area contributed by atoms with Crippen molar-refractivity contribution in [3.05, 3.63) is 34.8 Å². The van der Waals surface area contributed by atoms with Crippen molar-refractivity contribution < 1.29 is 28.7 Å². The van der Waals surface area contributed by atoms with Gasteiger partial charge >= 0.3 is 13.1 Å². The predicted octanol–water partition coefficient (Wildman–Crippen LogP) is 3.69. The fraction of sp³-hybridized carbons (Fsp3) is 0.474. The zero-order valence-electron chi connectivity index (χ0n) is 16.5. The summed E-state index contributed by atoms with van der Waals surface area (Å²) in [5.74, 6) is -0.260. The molecule has 146 valence electrons. The number of carboxylic acid groups (broad SMARTS) is 1. The summed E-state index contributed by atoms with van der Waals surface area (Å²) >= 11 is 1.13. The first-order chi connectivity index (χ1) is 12.5. The van der Waals surface area contributed by atoms with E-state index in [2.05, 4.69) is 0 Å². The number of hydrogen-bond acceptors (Lipinski definition) is 6. The number of carboxylic acids is 1. The lowest BCUT2D eigenvalue weighted by Crippen LogP contribution is -2.41. The van der Waals surface area contributed by atoms with E-state index < -0.39 is 24.3 Å². The molecule has 0 spiro atoms.